The topological polar surface area (TPSA) is 0 Å². The molecule has 0 aromatic carbocycles. The molecule has 0 saturated heterocycles. The van der Waals surface area contributed by atoms with Gasteiger partial charge in [0.05, 0.1) is 0 Å². The fourth-order valence-corrected chi connectivity index (χ4v) is 1.35. The van der Waals surface area contributed by atoms with Gasteiger partial charge in [-0.25, -0.2) is 17.6 Å². The molecule has 0 aromatic heterocycles. The van der Waals surface area contributed by atoms with E-state index in [1.807, 2.05) is 0 Å². The van der Waals surface area contributed by atoms with E-state index in [1.54, 1.807) is 0 Å². The zero-order valence-corrected chi connectivity index (χ0v) is 7.91. The van der Waals surface area contributed by atoms with Gasteiger partial charge in [-0.2, -0.15) is 0 Å². The zero-order chi connectivity index (χ0) is 10.2. The van der Waals surface area contributed by atoms with E-state index in [1.165, 1.54) is 0 Å². The average Bonchev–Trinajstić information content (AvgIpc) is 2.12. The molecule has 72 valence electrons. The summed E-state index contributed by atoms with van der Waals surface area (Å²) in [4.78, 5) is 0. The van der Waals surface area contributed by atoms with Crippen LogP contribution in [0.25, 0.3) is 0 Å². The Bertz CT molecular complexity index is 307. The minimum atomic E-state index is -2.29. The van der Waals surface area contributed by atoms with Crippen molar-refractivity contribution in [3.05, 3.63) is 36.2 Å². The molecule has 0 nitrogen and oxygen atoms in total. The maximum atomic E-state index is 13.0. The maximum Gasteiger partial charge on any atom is 0.177 e. The lowest BCUT2D eigenvalue weighted by Crippen LogP contribution is -2.35. The van der Waals surface area contributed by atoms with Crippen molar-refractivity contribution in [2.75, 3.05) is 0 Å². The second-order valence-electron chi connectivity index (χ2n) is 2.53. The third-order valence-corrected chi connectivity index (χ3v) is 2.79. The summed E-state index contributed by atoms with van der Waals surface area (Å²) in [6.45, 7) is 3.10. The molecule has 2 unspecified atom stereocenters. The van der Waals surface area contributed by atoms with Crippen LogP contribution in [0.4, 0.5) is 17.6 Å². The predicted octanol–water partition coefficient (Wildman–Crippen LogP) is 3.66. The van der Waals surface area contributed by atoms with Crippen LogP contribution in [0, 0.1) is 0 Å². The molecule has 0 heterocycles. The van der Waals surface area contributed by atoms with Crippen LogP contribution < -0.4 is 0 Å². The summed E-state index contributed by atoms with van der Waals surface area (Å²) < 4.78 is 49.2. The van der Waals surface area contributed by atoms with Crippen LogP contribution in [0.2, 0.25) is 0 Å². The first-order valence-corrected chi connectivity index (χ1v) is 4.12. The van der Waals surface area contributed by atoms with Crippen LogP contribution in [-0.2, 0) is 0 Å². The Morgan fingerprint density at radius 1 is 1.46 bits per heavy atom. The summed E-state index contributed by atoms with van der Waals surface area (Å²) in [6, 6.07) is 0. The molecule has 0 spiro atoms. The first-order chi connectivity index (χ1) is 5.93. The number of halogens is 5. The van der Waals surface area contributed by atoms with E-state index in [0.717, 1.165) is 6.08 Å². The first-order valence-electron chi connectivity index (χ1n) is 3.33. The highest BCUT2D eigenvalue weighted by Crippen LogP contribution is 2.44. The van der Waals surface area contributed by atoms with Crippen LogP contribution in [0.3, 0.4) is 0 Å². The number of allylic oxidation sites excluding steroid dienone is 5. The van der Waals surface area contributed by atoms with Gasteiger partial charge in [-0.05, 0) is 0 Å². The Labute approximate surface area is 80.7 Å². The Balaban J connectivity index is 3.28. The van der Waals surface area contributed by atoms with Gasteiger partial charge in [0.25, 0.3) is 0 Å². The maximum absolute atomic E-state index is 13.0. The molecule has 0 fully saturated rings. The minimum absolute atomic E-state index is 0.184. The molecule has 1 rings (SSSR count). The highest BCUT2D eigenvalue weighted by Gasteiger charge is 2.46. The molecule has 5 heteroatoms. The van der Waals surface area contributed by atoms with E-state index in [2.05, 4.69) is 22.5 Å². The second-order valence-corrected chi connectivity index (χ2v) is 3.84. The van der Waals surface area contributed by atoms with Crippen molar-refractivity contribution < 1.29 is 17.6 Å². The molecule has 0 amide bonds. The second kappa shape index (κ2) is 3.29. The third-order valence-electron chi connectivity index (χ3n) is 1.72. The van der Waals surface area contributed by atoms with E-state index >= 15 is 0 Å². The number of alkyl halides is 2. The largest absolute Gasteiger partial charge is 0.237 e. The van der Waals surface area contributed by atoms with Gasteiger partial charge in [0.1, 0.15) is 10.2 Å². The third kappa shape index (κ3) is 1.45. The summed E-state index contributed by atoms with van der Waals surface area (Å²) in [5, 5.41) is 0. The van der Waals surface area contributed by atoms with Gasteiger partial charge in [0.15, 0.2) is 17.8 Å². The van der Waals surface area contributed by atoms with Crippen molar-refractivity contribution >= 4 is 15.9 Å². The van der Waals surface area contributed by atoms with E-state index in [0.29, 0.717) is 0 Å². The Morgan fingerprint density at radius 3 is 2.46 bits per heavy atom. The molecule has 2 atom stereocenters. The van der Waals surface area contributed by atoms with Gasteiger partial charge in [0, 0.05) is 6.08 Å². The molecule has 0 bridgehead atoms. The van der Waals surface area contributed by atoms with E-state index in [4.69, 9.17) is 0 Å². The molecule has 0 N–H and O–H groups in total. The highest BCUT2D eigenvalue weighted by atomic mass is 79.9. The summed E-state index contributed by atoms with van der Waals surface area (Å²) >= 11 is 2.56. The molecule has 13 heavy (non-hydrogen) atoms. The van der Waals surface area contributed by atoms with Crippen molar-refractivity contribution in [1.29, 1.82) is 0 Å². The molecular weight excluding hydrogens is 252 g/mol. The minimum Gasteiger partial charge on any atom is -0.237 e. The highest BCUT2D eigenvalue weighted by molar-refractivity contribution is 9.10. The lowest BCUT2D eigenvalue weighted by atomic mass is 9.96. The lowest BCUT2D eigenvalue weighted by Gasteiger charge is -2.27. The summed E-state index contributed by atoms with van der Waals surface area (Å²) in [5.74, 6) is -4.20. The quantitative estimate of drug-likeness (QED) is 0.382. The smallest absolute Gasteiger partial charge is 0.177 e. The van der Waals surface area contributed by atoms with Crippen LogP contribution in [-0.4, -0.2) is 10.5 Å². The van der Waals surface area contributed by atoms with E-state index in [-0.39, 0.29) is 6.08 Å². The van der Waals surface area contributed by atoms with Crippen molar-refractivity contribution in [3.63, 3.8) is 0 Å². The van der Waals surface area contributed by atoms with Gasteiger partial charge in [-0.15, -0.1) is 6.58 Å². The zero-order valence-electron chi connectivity index (χ0n) is 6.33. The van der Waals surface area contributed by atoms with E-state index in [9.17, 15) is 17.6 Å². The number of hydrogen-bond donors (Lipinski definition) is 0. The van der Waals surface area contributed by atoms with Crippen LogP contribution in [0.1, 0.15) is 0 Å². The van der Waals surface area contributed by atoms with Gasteiger partial charge in [-0.1, -0.05) is 22.0 Å². The Kier molecular flexibility index (Phi) is 2.66. The fourth-order valence-electron chi connectivity index (χ4n) is 0.946. The monoisotopic (exact) mass is 256 g/mol. The average molecular weight is 257 g/mol. The standard InChI is InChI=1S/C8H5BrF4/c1-2-8(9)6(12)4(10)3-5(11)7(8)13/h2-3,6H,1H2. The van der Waals surface area contributed by atoms with Crippen molar-refractivity contribution in [1.82, 2.24) is 0 Å². The Morgan fingerprint density at radius 2 is 2.00 bits per heavy atom. The molecule has 0 aliphatic heterocycles. The van der Waals surface area contributed by atoms with Gasteiger partial charge in [0.2, 0.25) is 0 Å². The van der Waals surface area contributed by atoms with Crippen molar-refractivity contribution in [2.45, 2.75) is 10.5 Å². The van der Waals surface area contributed by atoms with Gasteiger partial charge < -0.3 is 0 Å². The Hall–Kier alpha value is -0.580. The fraction of sp³-hybridized carbons (Fsp3) is 0.250. The van der Waals surface area contributed by atoms with Crippen molar-refractivity contribution in [3.8, 4) is 0 Å². The SMILES string of the molecule is C=CC1(Br)C(F)=C(F)C=C(F)C1F. The van der Waals surface area contributed by atoms with Gasteiger partial charge >= 0.3 is 0 Å². The normalized spacial score (nSPS) is 34.5. The summed E-state index contributed by atoms with van der Waals surface area (Å²) in [5.41, 5.74) is 0. The van der Waals surface area contributed by atoms with Crippen LogP contribution in [0.5, 0.6) is 0 Å². The lowest BCUT2D eigenvalue weighted by molar-refractivity contribution is 0.272. The van der Waals surface area contributed by atoms with E-state index < -0.39 is 28.0 Å². The molecular formula is C8H5BrF4. The van der Waals surface area contributed by atoms with Crippen LogP contribution >= 0.6 is 15.9 Å². The van der Waals surface area contributed by atoms with Crippen LogP contribution in [0.15, 0.2) is 36.2 Å². The first kappa shape index (κ1) is 10.5. The molecule has 1 aliphatic carbocycles. The van der Waals surface area contributed by atoms with Gasteiger partial charge in [-0.3, -0.25) is 0 Å². The molecule has 1 aliphatic rings. The number of hydrogen-bond acceptors (Lipinski definition) is 0. The molecule has 0 aromatic rings. The summed E-state index contributed by atoms with van der Waals surface area (Å²) in [6.07, 6.45) is -1.33. The predicted molar refractivity (Wildman–Crippen MR) is 45.2 cm³/mol. The molecule has 0 radical (unpaired) electrons. The molecule has 0 saturated carbocycles. The van der Waals surface area contributed by atoms with Crippen molar-refractivity contribution in [2.24, 2.45) is 0 Å². The summed E-state index contributed by atoms with van der Waals surface area (Å²) in [7, 11) is 0. The number of rotatable bonds is 1.